The summed E-state index contributed by atoms with van der Waals surface area (Å²) in [7, 11) is 0. The fourth-order valence-electron chi connectivity index (χ4n) is 3.18. The molecule has 1 aromatic carbocycles. The van der Waals surface area contributed by atoms with Gasteiger partial charge in [0.1, 0.15) is 0 Å². The van der Waals surface area contributed by atoms with Crippen LogP contribution in [-0.2, 0) is 4.79 Å². The van der Waals surface area contributed by atoms with Crippen molar-refractivity contribution in [1.82, 2.24) is 10.2 Å². The molecule has 3 rings (SSSR count). The lowest BCUT2D eigenvalue weighted by Crippen LogP contribution is -2.42. The summed E-state index contributed by atoms with van der Waals surface area (Å²) in [6, 6.07) is 11.2. The van der Waals surface area contributed by atoms with Gasteiger partial charge in [0.15, 0.2) is 0 Å². The maximum absolute atomic E-state index is 12.4. The van der Waals surface area contributed by atoms with Gasteiger partial charge in [0, 0.05) is 18.6 Å². The van der Waals surface area contributed by atoms with E-state index < -0.39 is 0 Å². The highest BCUT2D eigenvalue weighted by atomic mass is 16.2. The molecule has 2 atom stereocenters. The Morgan fingerprint density at radius 2 is 1.85 bits per heavy atom. The van der Waals surface area contributed by atoms with E-state index in [1.807, 2.05) is 4.90 Å². The first kappa shape index (κ1) is 13.6. The van der Waals surface area contributed by atoms with E-state index in [4.69, 9.17) is 0 Å². The SMILES string of the molecule is CC(C)N1CC[C@H](N[C@@H](c2ccccc2)C2CC2)C1=O. The van der Waals surface area contributed by atoms with E-state index >= 15 is 0 Å². The van der Waals surface area contributed by atoms with Crippen LogP contribution in [0.3, 0.4) is 0 Å². The van der Waals surface area contributed by atoms with Crippen LogP contribution in [0.5, 0.6) is 0 Å². The van der Waals surface area contributed by atoms with Crippen LogP contribution < -0.4 is 5.32 Å². The molecule has 1 heterocycles. The van der Waals surface area contributed by atoms with Crippen LogP contribution in [0.25, 0.3) is 0 Å². The lowest BCUT2D eigenvalue weighted by atomic mass is 10.0. The van der Waals surface area contributed by atoms with E-state index in [2.05, 4.69) is 49.5 Å². The largest absolute Gasteiger partial charge is 0.339 e. The van der Waals surface area contributed by atoms with Gasteiger partial charge in [-0.1, -0.05) is 30.3 Å². The van der Waals surface area contributed by atoms with Gasteiger partial charge in [-0.2, -0.15) is 0 Å². The first-order valence-corrected chi connectivity index (χ1v) is 7.78. The van der Waals surface area contributed by atoms with Crippen LogP contribution in [-0.4, -0.2) is 29.4 Å². The zero-order chi connectivity index (χ0) is 14.1. The third kappa shape index (κ3) is 2.73. The molecule has 1 N–H and O–H groups in total. The molecule has 0 bridgehead atoms. The van der Waals surface area contributed by atoms with Gasteiger partial charge in [-0.15, -0.1) is 0 Å². The van der Waals surface area contributed by atoms with E-state index in [9.17, 15) is 4.79 Å². The normalized spacial score (nSPS) is 24.4. The van der Waals surface area contributed by atoms with Gasteiger partial charge in [0.25, 0.3) is 0 Å². The Labute approximate surface area is 121 Å². The molecule has 1 aliphatic heterocycles. The van der Waals surface area contributed by atoms with Crippen molar-refractivity contribution >= 4 is 5.91 Å². The lowest BCUT2D eigenvalue weighted by Gasteiger charge is -2.24. The van der Waals surface area contributed by atoms with Crippen LogP contribution in [0.4, 0.5) is 0 Å². The fraction of sp³-hybridized carbons (Fsp3) is 0.588. The van der Waals surface area contributed by atoms with Crippen molar-refractivity contribution in [3.63, 3.8) is 0 Å². The number of nitrogens with zero attached hydrogens (tertiary/aromatic N) is 1. The molecule has 1 aliphatic carbocycles. The summed E-state index contributed by atoms with van der Waals surface area (Å²) in [5.74, 6) is 0.986. The van der Waals surface area contributed by atoms with Crippen molar-refractivity contribution in [2.24, 2.45) is 5.92 Å². The average Bonchev–Trinajstić information content (AvgIpc) is 3.21. The van der Waals surface area contributed by atoms with Gasteiger partial charge in [0.05, 0.1) is 6.04 Å². The average molecular weight is 272 g/mol. The topological polar surface area (TPSA) is 32.3 Å². The molecule has 0 radical (unpaired) electrons. The van der Waals surface area contributed by atoms with Crippen LogP contribution in [0.2, 0.25) is 0 Å². The number of hydrogen-bond donors (Lipinski definition) is 1. The molecule has 0 aromatic heterocycles. The van der Waals surface area contributed by atoms with Gasteiger partial charge in [0.2, 0.25) is 5.91 Å². The first-order valence-electron chi connectivity index (χ1n) is 7.78. The third-order valence-corrected chi connectivity index (χ3v) is 4.50. The molecule has 2 aliphatic rings. The van der Waals surface area contributed by atoms with E-state index in [0.29, 0.717) is 18.0 Å². The Balaban J connectivity index is 1.71. The number of rotatable bonds is 5. The Morgan fingerprint density at radius 3 is 2.40 bits per heavy atom. The molecule has 1 saturated carbocycles. The quantitative estimate of drug-likeness (QED) is 0.894. The minimum atomic E-state index is 0.00297. The Morgan fingerprint density at radius 1 is 1.15 bits per heavy atom. The number of nitrogens with one attached hydrogen (secondary N) is 1. The zero-order valence-electron chi connectivity index (χ0n) is 12.4. The van der Waals surface area contributed by atoms with E-state index in [1.54, 1.807) is 0 Å². The van der Waals surface area contributed by atoms with E-state index in [-0.39, 0.29) is 11.9 Å². The minimum Gasteiger partial charge on any atom is -0.339 e. The molecule has 20 heavy (non-hydrogen) atoms. The highest BCUT2D eigenvalue weighted by Gasteiger charge is 2.38. The summed E-state index contributed by atoms with van der Waals surface area (Å²) in [6.07, 6.45) is 3.50. The van der Waals surface area contributed by atoms with Crippen molar-refractivity contribution in [2.75, 3.05) is 6.54 Å². The van der Waals surface area contributed by atoms with Crippen LogP contribution >= 0.6 is 0 Å². The number of benzene rings is 1. The predicted octanol–water partition coefficient (Wildman–Crippen LogP) is 2.74. The van der Waals surface area contributed by atoms with Crippen LogP contribution in [0, 0.1) is 5.92 Å². The third-order valence-electron chi connectivity index (χ3n) is 4.50. The summed E-state index contributed by atoms with van der Waals surface area (Å²) >= 11 is 0. The Bertz CT molecular complexity index is 467. The molecular weight excluding hydrogens is 248 g/mol. The van der Waals surface area contributed by atoms with Gasteiger partial charge in [-0.25, -0.2) is 0 Å². The first-order chi connectivity index (χ1) is 9.66. The van der Waals surface area contributed by atoms with Crippen molar-refractivity contribution < 1.29 is 4.79 Å². The highest BCUT2D eigenvalue weighted by molar-refractivity contribution is 5.84. The highest BCUT2D eigenvalue weighted by Crippen LogP contribution is 2.41. The van der Waals surface area contributed by atoms with Gasteiger partial charge < -0.3 is 4.90 Å². The van der Waals surface area contributed by atoms with E-state index in [1.165, 1.54) is 18.4 Å². The monoisotopic (exact) mass is 272 g/mol. The summed E-state index contributed by atoms with van der Waals surface area (Å²) in [6.45, 7) is 5.08. The molecule has 3 nitrogen and oxygen atoms in total. The van der Waals surface area contributed by atoms with Gasteiger partial charge in [-0.3, -0.25) is 10.1 Å². The molecule has 2 fully saturated rings. The second-order valence-electron chi connectivity index (χ2n) is 6.36. The number of carbonyl (C=O) groups is 1. The Kier molecular flexibility index (Phi) is 3.79. The van der Waals surface area contributed by atoms with Crippen LogP contribution in [0.15, 0.2) is 30.3 Å². The number of likely N-dealkylation sites (tertiary alicyclic amines) is 1. The molecule has 1 aromatic rings. The summed E-state index contributed by atoms with van der Waals surface area (Å²) in [5.41, 5.74) is 1.32. The van der Waals surface area contributed by atoms with E-state index in [0.717, 1.165) is 13.0 Å². The Hall–Kier alpha value is -1.35. The standard InChI is InChI=1S/C17H24N2O/c1-12(2)19-11-10-15(17(19)20)18-16(14-8-9-14)13-6-4-3-5-7-13/h3-7,12,14-16,18H,8-11H2,1-2H3/t15-,16-/m0/s1. The smallest absolute Gasteiger partial charge is 0.240 e. The molecule has 108 valence electrons. The minimum absolute atomic E-state index is 0.00297. The molecule has 1 amide bonds. The predicted molar refractivity (Wildman–Crippen MR) is 80.3 cm³/mol. The molecule has 0 spiro atoms. The summed E-state index contributed by atoms with van der Waals surface area (Å²) in [5, 5.41) is 3.64. The number of carbonyl (C=O) groups excluding carboxylic acids is 1. The van der Waals surface area contributed by atoms with Crippen molar-refractivity contribution in [3.05, 3.63) is 35.9 Å². The van der Waals surface area contributed by atoms with Crippen molar-refractivity contribution in [2.45, 2.75) is 51.2 Å². The fourth-order valence-corrected chi connectivity index (χ4v) is 3.18. The molecule has 0 unspecified atom stereocenters. The maximum atomic E-state index is 12.4. The number of hydrogen-bond acceptors (Lipinski definition) is 2. The second kappa shape index (κ2) is 5.57. The van der Waals surface area contributed by atoms with Gasteiger partial charge >= 0.3 is 0 Å². The zero-order valence-corrected chi connectivity index (χ0v) is 12.4. The summed E-state index contributed by atoms with van der Waals surface area (Å²) in [4.78, 5) is 14.4. The van der Waals surface area contributed by atoms with Gasteiger partial charge in [-0.05, 0) is 44.6 Å². The van der Waals surface area contributed by atoms with Crippen molar-refractivity contribution in [3.8, 4) is 0 Å². The number of amides is 1. The molecule has 3 heteroatoms. The van der Waals surface area contributed by atoms with Crippen molar-refractivity contribution in [1.29, 1.82) is 0 Å². The molecule has 1 saturated heterocycles. The lowest BCUT2D eigenvalue weighted by molar-refractivity contribution is -0.131. The maximum Gasteiger partial charge on any atom is 0.240 e. The van der Waals surface area contributed by atoms with Crippen LogP contribution in [0.1, 0.15) is 44.7 Å². The molecular formula is C17H24N2O. The summed E-state index contributed by atoms with van der Waals surface area (Å²) < 4.78 is 0. The second-order valence-corrected chi connectivity index (χ2v) is 6.36.